The lowest BCUT2D eigenvalue weighted by atomic mass is 10.2. The fraction of sp³-hybridized carbons (Fsp3) is 0.333. The Morgan fingerprint density at radius 2 is 2.21 bits per heavy atom. The number of non-ortho nitro benzene ring substituents is 1. The van der Waals surface area contributed by atoms with E-state index in [-0.39, 0.29) is 5.69 Å². The van der Waals surface area contributed by atoms with E-state index in [1.54, 1.807) is 23.1 Å². The number of nitro benzene ring substituents is 1. The Labute approximate surface area is 118 Å². The van der Waals surface area contributed by atoms with Gasteiger partial charge in [0.05, 0.1) is 4.92 Å². The molecule has 1 aromatic carbocycles. The van der Waals surface area contributed by atoms with Gasteiger partial charge in [0.15, 0.2) is 5.82 Å². The van der Waals surface area contributed by atoms with Crippen LogP contribution in [-0.4, -0.2) is 25.0 Å². The summed E-state index contributed by atoms with van der Waals surface area (Å²) in [5.41, 5.74) is 0.710. The molecule has 6 nitrogen and oxygen atoms in total. The fourth-order valence-electron chi connectivity index (χ4n) is 1.66. The molecule has 0 saturated heterocycles. The molecular formula is C12H13BrN4O2. The van der Waals surface area contributed by atoms with Crippen LogP contribution in [0.4, 0.5) is 5.69 Å². The minimum absolute atomic E-state index is 0.0492. The van der Waals surface area contributed by atoms with Gasteiger partial charge in [0.25, 0.3) is 5.69 Å². The van der Waals surface area contributed by atoms with E-state index in [4.69, 9.17) is 0 Å². The molecule has 0 unspecified atom stereocenters. The third-order valence-electron chi connectivity index (χ3n) is 2.62. The molecule has 0 aliphatic rings. The van der Waals surface area contributed by atoms with Gasteiger partial charge in [0.2, 0.25) is 0 Å². The van der Waals surface area contributed by atoms with Crippen LogP contribution in [0, 0.1) is 10.1 Å². The Bertz CT molecular complexity index is 570. The lowest BCUT2D eigenvalue weighted by Gasteiger charge is -1.98. The highest BCUT2D eigenvalue weighted by Crippen LogP contribution is 2.20. The number of aromatic nitrogens is 3. The number of nitro groups is 1. The van der Waals surface area contributed by atoms with Gasteiger partial charge >= 0.3 is 0 Å². The van der Waals surface area contributed by atoms with E-state index in [2.05, 4.69) is 26.0 Å². The number of hydrogen-bond donors (Lipinski definition) is 0. The first-order valence-corrected chi connectivity index (χ1v) is 7.03. The van der Waals surface area contributed by atoms with Crippen LogP contribution in [0.25, 0.3) is 11.4 Å². The zero-order valence-corrected chi connectivity index (χ0v) is 11.8. The van der Waals surface area contributed by atoms with Gasteiger partial charge in [-0.2, -0.15) is 5.10 Å². The van der Waals surface area contributed by atoms with Crippen molar-refractivity contribution in [1.82, 2.24) is 14.8 Å². The lowest BCUT2D eigenvalue weighted by molar-refractivity contribution is -0.384. The minimum atomic E-state index is -0.420. The average molecular weight is 325 g/mol. The highest BCUT2D eigenvalue weighted by molar-refractivity contribution is 9.09. The first-order valence-electron chi connectivity index (χ1n) is 5.91. The molecule has 0 saturated carbocycles. The Morgan fingerprint density at radius 1 is 1.37 bits per heavy atom. The van der Waals surface area contributed by atoms with Crippen LogP contribution < -0.4 is 0 Å². The Balaban J connectivity index is 2.13. The number of unbranched alkanes of at least 4 members (excludes halogenated alkanes) is 1. The summed E-state index contributed by atoms with van der Waals surface area (Å²) in [6.45, 7) is 0.799. The van der Waals surface area contributed by atoms with Gasteiger partial charge in [-0.15, -0.1) is 0 Å². The fourth-order valence-corrected chi connectivity index (χ4v) is 2.06. The van der Waals surface area contributed by atoms with Gasteiger partial charge in [0, 0.05) is 29.6 Å². The van der Waals surface area contributed by atoms with Crippen LogP contribution in [0.5, 0.6) is 0 Å². The highest BCUT2D eigenvalue weighted by atomic mass is 79.9. The van der Waals surface area contributed by atoms with Crippen LogP contribution in [0.2, 0.25) is 0 Å². The van der Waals surface area contributed by atoms with E-state index in [0.29, 0.717) is 11.4 Å². The molecule has 0 aliphatic heterocycles. The number of alkyl halides is 1. The Kier molecular flexibility index (Phi) is 4.62. The van der Waals surface area contributed by atoms with Gasteiger partial charge < -0.3 is 0 Å². The zero-order chi connectivity index (χ0) is 13.7. The molecule has 0 bridgehead atoms. The maximum absolute atomic E-state index is 10.7. The van der Waals surface area contributed by atoms with Crippen LogP contribution in [0.3, 0.4) is 0 Å². The van der Waals surface area contributed by atoms with Crippen LogP contribution in [-0.2, 0) is 6.54 Å². The number of rotatable bonds is 6. The van der Waals surface area contributed by atoms with E-state index < -0.39 is 4.92 Å². The molecule has 0 fully saturated rings. The molecule has 1 heterocycles. The van der Waals surface area contributed by atoms with E-state index in [1.165, 1.54) is 12.1 Å². The summed E-state index contributed by atoms with van der Waals surface area (Å²) in [7, 11) is 0. The third kappa shape index (κ3) is 3.60. The van der Waals surface area contributed by atoms with E-state index in [1.807, 2.05) is 0 Å². The molecule has 0 radical (unpaired) electrons. The molecular weight excluding hydrogens is 312 g/mol. The summed E-state index contributed by atoms with van der Waals surface area (Å²) in [5, 5.41) is 16.0. The Morgan fingerprint density at radius 3 is 2.95 bits per heavy atom. The van der Waals surface area contributed by atoms with Gasteiger partial charge in [-0.05, 0) is 12.8 Å². The molecule has 0 amide bonds. The Hall–Kier alpha value is -1.76. The first kappa shape index (κ1) is 13.7. The second-order valence-electron chi connectivity index (χ2n) is 4.03. The average Bonchev–Trinajstić information content (AvgIpc) is 2.88. The second-order valence-corrected chi connectivity index (χ2v) is 4.83. The quantitative estimate of drug-likeness (QED) is 0.354. The third-order valence-corrected chi connectivity index (χ3v) is 3.18. The van der Waals surface area contributed by atoms with Crippen molar-refractivity contribution in [3.8, 4) is 11.4 Å². The van der Waals surface area contributed by atoms with Gasteiger partial charge in [-0.1, -0.05) is 28.1 Å². The number of aryl methyl sites for hydroxylation is 1. The number of halogens is 1. The highest BCUT2D eigenvalue weighted by Gasteiger charge is 2.10. The maximum Gasteiger partial charge on any atom is 0.270 e. The maximum atomic E-state index is 10.7. The summed E-state index contributed by atoms with van der Waals surface area (Å²) in [6.07, 6.45) is 3.75. The predicted molar refractivity (Wildman–Crippen MR) is 75.1 cm³/mol. The smallest absolute Gasteiger partial charge is 0.258 e. The summed E-state index contributed by atoms with van der Waals surface area (Å²) < 4.78 is 1.76. The SMILES string of the molecule is O=[N+]([O-])c1cccc(-c2ncn(CCCCBr)n2)c1. The second kappa shape index (κ2) is 6.42. The van der Waals surface area contributed by atoms with E-state index in [9.17, 15) is 10.1 Å². The van der Waals surface area contributed by atoms with Crippen molar-refractivity contribution in [2.75, 3.05) is 5.33 Å². The monoisotopic (exact) mass is 324 g/mol. The molecule has 0 N–H and O–H groups in total. The molecule has 0 atom stereocenters. The summed E-state index contributed by atoms with van der Waals surface area (Å²) >= 11 is 3.38. The standard InChI is InChI=1S/C12H13BrN4O2/c13-6-1-2-7-16-9-14-12(15-16)10-4-3-5-11(8-10)17(18)19/h3-5,8-9H,1-2,6-7H2. The summed E-state index contributed by atoms with van der Waals surface area (Å²) in [5.74, 6) is 0.516. The van der Waals surface area contributed by atoms with Crippen molar-refractivity contribution in [2.24, 2.45) is 0 Å². The minimum Gasteiger partial charge on any atom is -0.258 e. The van der Waals surface area contributed by atoms with Crippen molar-refractivity contribution in [1.29, 1.82) is 0 Å². The molecule has 100 valence electrons. The lowest BCUT2D eigenvalue weighted by Crippen LogP contribution is -1.99. The van der Waals surface area contributed by atoms with E-state index in [0.717, 1.165) is 24.7 Å². The van der Waals surface area contributed by atoms with Crippen molar-refractivity contribution in [2.45, 2.75) is 19.4 Å². The summed E-state index contributed by atoms with van der Waals surface area (Å²) in [6, 6.07) is 6.35. The summed E-state index contributed by atoms with van der Waals surface area (Å²) in [4.78, 5) is 14.5. The number of nitrogens with zero attached hydrogens (tertiary/aromatic N) is 4. The molecule has 0 aliphatic carbocycles. The predicted octanol–water partition coefficient (Wildman–Crippen LogP) is 3.03. The van der Waals surface area contributed by atoms with Crippen molar-refractivity contribution < 1.29 is 4.92 Å². The van der Waals surface area contributed by atoms with E-state index >= 15 is 0 Å². The molecule has 19 heavy (non-hydrogen) atoms. The van der Waals surface area contributed by atoms with Gasteiger partial charge in [-0.25, -0.2) is 4.98 Å². The molecule has 1 aromatic heterocycles. The number of benzene rings is 1. The normalized spacial score (nSPS) is 10.6. The van der Waals surface area contributed by atoms with Gasteiger partial charge in [0.1, 0.15) is 6.33 Å². The number of hydrogen-bond acceptors (Lipinski definition) is 4. The largest absolute Gasteiger partial charge is 0.270 e. The zero-order valence-electron chi connectivity index (χ0n) is 10.2. The van der Waals surface area contributed by atoms with Crippen molar-refractivity contribution in [3.63, 3.8) is 0 Å². The molecule has 2 rings (SSSR count). The molecule has 7 heteroatoms. The van der Waals surface area contributed by atoms with Gasteiger partial charge in [-0.3, -0.25) is 14.8 Å². The first-order chi connectivity index (χ1) is 9.20. The van der Waals surface area contributed by atoms with Crippen LogP contribution >= 0.6 is 15.9 Å². The van der Waals surface area contributed by atoms with Crippen LogP contribution in [0.15, 0.2) is 30.6 Å². The van der Waals surface area contributed by atoms with Crippen molar-refractivity contribution >= 4 is 21.6 Å². The topological polar surface area (TPSA) is 73.8 Å². The van der Waals surface area contributed by atoms with Crippen LogP contribution in [0.1, 0.15) is 12.8 Å². The molecule has 2 aromatic rings. The van der Waals surface area contributed by atoms with Crippen molar-refractivity contribution in [3.05, 3.63) is 40.7 Å². The molecule has 0 spiro atoms.